The lowest BCUT2D eigenvalue weighted by molar-refractivity contribution is 0.0600. The fourth-order valence-corrected chi connectivity index (χ4v) is 4.67. The lowest BCUT2D eigenvalue weighted by Crippen LogP contribution is -2.49. The molecule has 3 aromatic rings. The minimum atomic E-state index is -0.496. The highest BCUT2D eigenvalue weighted by atomic mass is 79.9. The highest BCUT2D eigenvalue weighted by molar-refractivity contribution is 9.10. The second kappa shape index (κ2) is 11.9. The largest absolute Gasteiger partial charge is 0.493 e. The number of carbonyl (C=O) groups excluding carboxylic acids is 3. The zero-order valence-electron chi connectivity index (χ0n) is 20.7. The Morgan fingerprint density at radius 1 is 0.892 bits per heavy atom. The number of esters is 1. The van der Waals surface area contributed by atoms with Crippen LogP contribution in [0.15, 0.2) is 71.2 Å². The van der Waals surface area contributed by atoms with Gasteiger partial charge in [-0.05, 0) is 71.4 Å². The normalized spacial score (nSPS) is 13.2. The van der Waals surface area contributed by atoms with Gasteiger partial charge >= 0.3 is 5.97 Å². The SMILES string of the molecule is CCOc1ccc(C(=O)Nc2cc(C(=O)OC)ccc2N2CCN(C(=O)c3ccccc3)CC2)cc1Br. The first-order valence-electron chi connectivity index (χ1n) is 12.0. The van der Waals surface area contributed by atoms with Crippen LogP contribution in [0, 0.1) is 0 Å². The molecule has 0 bridgehead atoms. The number of hydrogen-bond acceptors (Lipinski definition) is 6. The molecule has 1 saturated heterocycles. The zero-order chi connectivity index (χ0) is 26.4. The molecule has 1 N–H and O–H groups in total. The molecule has 37 heavy (non-hydrogen) atoms. The van der Waals surface area contributed by atoms with Crippen LogP contribution in [0.5, 0.6) is 5.75 Å². The van der Waals surface area contributed by atoms with E-state index in [0.29, 0.717) is 65.4 Å². The van der Waals surface area contributed by atoms with Crippen LogP contribution in [0.1, 0.15) is 38.0 Å². The minimum absolute atomic E-state index is 0.00380. The van der Waals surface area contributed by atoms with Gasteiger partial charge in [0.2, 0.25) is 0 Å². The van der Waals surface area contributed by atoms with Gasteiger partial charge in [-0.15, -0.1) is 0 Å². The number of halogens is 1. The molecule has 2 amide bonds. The Kier molecular flexibility index (Phi) is 8.45. The first-order valence-corrected chi connectivity index (χ1v) is 12.8. The third kappa shape index (κ3) is 6.11. The average Bonchev–Trinajstić information content (AvgIpc) is 2.94. The second-order valence-corrected chi connectivity index (χ2v) is 9.26. The summed E-state index contributed by atoms with van der Waals surface area (Å²) in [4.78, 5) is 42.1. The van der Waals surface area contributed by atoms with Crippen LogP contribution >= 0.6 is 15.9 Å². The van der Waals surface area contributed by atoms with Crippen LogP contribution in [0.3, 0.4) is 0 Å². The molecule has 8 nitrogen and oxygen atoms in total. The average molecular weight is 566 g/mol. The van der Waals surface area contributed by atoms with Gasteiger partial charge in [-0.3, -0.25) is 9.59 Å². The number of ether oxygens (including phenoxy) is 2. The number of nitrogens with zero attached hydrogens (tertiary/aromatic N) is 2. The van der Waals surface area contributed by atoms with Gasteiger partial charge in [0.1, 0.15) is 5.75 Å². The highest BCUT2D eigenvalue weighted by Gasteiger charge is 2.25. The van der Waals surface area contributed by atoms with Crippen LogP contribution in [0.25, 0.3) is 0 Å². The fraction of sp³-hybridized carbons (Fsp3) is 0.250. The lowest BCUT2D eigenvalue weighted by Gasteiger charge is -2.37. The molecule has 0 aromatic heterocycles. The van der Waals surface area contributed by atoms with E-state index in [4.69, 9.17) is 9.47 Å². The Morgan fingerprint density at radius 3 is 2.24 bits per heavy atom. The molecule has 192 valence electrons. The molecule has 0 radical (unpaired) electrons. The Morgan fingerprint density at radius 2 is 1.59 bits per heavy atom. The standard InChI is InChI=1S/C28H28BrN3O5/c1-3-37-25-12-10-20(17-22(25)29)26(33)30-23-18-21(28(35)36-2)9-11-24(23)31-13-15-32(16-14-31)27(34)19-7-5-4-6-8-19/h4-12,17-18H,3,13-16H2,1-2H3,(H,30,33). The van der Waals surface area contributed by atoms with E-state index in [1.54, 1.807) is 36.4 Å². The molecule has 1 aliphatic rings. The molecule has 1 aliphatic heterocycles. The van der Waals surface area contributed by atoms with Crippen molar-refractivity contribution in [2.75, 3.05) is 50.1 Å². The maximum atomic E-state index is 13.2. The summed E-state index contributed by atoms with van der Waals surface area (Å²) < 4.78 is 11.1. The molecule has 0 atom stereocenters. The first kappa shape index (κ1) is 26.2. The van der Waals surface area contributed by atoms with Crippen LogP contribution in [-0.4, -0.2) is 62.6 Å². The van der Waals surface area contributed by atoms with Crippen molar-refractivity contribution >= 4 is 45.1 Å². The Bertz CT molecular complexity index is 1290. The molecule has 0 unspecified atom stereocenters. The van der Waals surface area contributed by atoms with E-state index in [0.717, 1.165) is 5.69 Å². The number of rotatable bonds is 7. The monoisotopic (exact) mass is 565 g/mol. The summed E-state index contributed by atoms with van der Waals surface area (Å²) >= 11 is 3.45. The molecule has 0 saturated carbocycles. The van der Waals surface area contributed by atoms with E-state index in [1.807, 2.05) is 42.2 Å². The zero-order valence-corrected chi connectivity index (χ0v) is 22.3. The van der Waals surface area contributed by atoms with E-state index < -0.39 is 5.97 Å². The third-order valence-electron chi connectivity index (χ3n) is 6.09. The maximum absolute atomic E-state index is 13.2. The van der Waals surface area contributed by atoms with Gasteiger partial charge < -0.3 is 24.6 Å². The molecular weight excluding hydrogens is 538 g/mol. The van der Waals surface area contributed by atoms with Crippen LogP contribution in [-0.2, 0) is 4.74 Å². The Balaban J connectivity index is 1.54. The highest BCUT2D eigenvalue weighted by Crippen LogP contribution is 2.31. The van der Waals surface area contributed by atoms with Gasteiger partial charge in [-0.25, -0.2) is 4.79 Å². The summed E-state index contributed by atoms with van der Waals surface area (Å²) in [6.07, 6.45) is 0. The van der Waals surface area contributed by atoms with Crippen molar-refractivity contribution < 1.29 is 23.9 Å². The van der Waals surface area contributed by atoms with E-state index in [2.05, 4.69) is 26.1 Å². The van der Waals surface area contributed by atoms with Crippen molar-refractivity contribution in [1.82, 2.24) is 4.90 Å². The number of benzene rings is 3. The number of amides is 2. The minimum Gasteiger partial charge on any atom is -0.493 e. The Labute approximate surface area is 224 Å². The van der Waals surface area contributed by atoms with Gasteiger partial charge in [0, 0.05) is 37.3 Å². The van der Waals surface area contributed by atoms with E-state index in [1.165, 1.54) is 7.11 Å². The number of nitrogens with one attached hydrogen (secondary N) is 1. The predicted molar refractivity (Wildman–Crippen MR) is 146 cm³/mol. The van der Waals surface area contributed by atoms with Gasteiger partial charge in [0.05, 0.1) is 35.1 Å². The number of carbonyl (C=O) groups is 3. The lowest BCUT2D eigenvalue weighted by atomic mass is 10.1. The van der Waals surface area contributed by atoms with Crippen molar-refractivity contribution in [2.45, 2.75) is 6.92 Å². The molecule has 3 aromatic carbocycles. The quantitative estimate of drug-likeness (QED) is 0.412. The summed E-state index contributed by atoms with van der Waals surface area (Å²) in [5, 5.41) is 2.95. The fourth-order valence-electron chi connectivity index (χ4n) is 4.18. The molecule has 1 fully saturated rings. The smallest absolute Gasteiger partial charge is 0.337 e. The van der Waals surface area contributed by atoms with Gasteiger partial charge in [-0.1, -0.05) is 18.2 Å². The van der Waals surface area contributed by atoms with Gasteiger partial charge in [0.25, 0.3) is 11.8 Å². The van der Waals surface area contributed by atoms with Crippen molar-refractivity contribution in [1.29, 1.82) is 0 Å². The first-order chi connectivity index (χ1) is 17.9. The topological polar surface area (TPSA) is 88.2 Å². The molecule has 0 spiro atoms. The molecular formula is C28H28BrN3O5. The summed E-state index contributed by atoms with van der Waals surface area (Å²) in [5.74, 6) is -0.180. The summed E-state index contributed by atoms with van der Waals surface area (Å²) in [6.45, 7) is 4.62. The molecule has 1 heterocycles. The van der Waals surface area contributed by atoms with E-state index in [-0.39, 0.29) is 11.8 Å². The van der Waals surface area contributed by atoms with Crippen LogP contribution in [0.4, 0.5) is 11.4 Å². The van der Waals surface area contributed by atoms with Crippen LogP contribution < -0.4 is 15.0 Å². The van der Waals surface area contributed by atoms with Crippen molar-refractivity contribution in [3.63, 3.8) is 0 Å². The summed E-state index contributed by atoms with van der Waals surface area (Å²) in [6, 6.07) is 19.4. The van der Waals surface area contributed by atoms with E-state index in [9.17, 15) is 14.4 Å². The molecule has 0 aliphatic carbocycles. The Hall–Kier alpha value is -3.85. The maximum Gasteiger partial charge on any atom is 0.337 e. The van der Waals surface area contributed by atoms with E-state index >= 15 is 0 Å². The summed E-state index contributed by atoms with van der Waals surface area (Å²) in [7, 11) is 1.31. The number of piperazine rings is 1. The molecule has 4 rings (SSSR count). The van der Waals surface area contributed by atoms with Gasteiger partial charge in [-0.2, -0.15) is 0 Å². The molecule has 9 heteroatoms. The van der Waals surface area contributed by atoms with Crippen molar-refractivity contribution in [3.8, 4) is 5.75 Å². The summed E-state index contributed by atoms with van der Waals surface area (Å²) in [5.41, 5.74) is 2.67. The van der Waals surface area contributed by atoms with Gasteiger partial charge in [0.15, 0.2) is 0 Å². The van der Waals surface area contributed by atoms with Crippen molar-refractivity contribution in [3.05, 3.63) is 87.9 Å². The second-order valence-electron chi connectivity index (χ2n) is 8.40. The third-order valence-corrected chi connectivity index (χ3v) is 6.71. The van der Waals surface area contributed by atoms with Crippen LogP contribution in [0.2, 0.25) is 0 Å². The number of methoxy groups -OCH3 is 1. The number of hydrogen-bond donors (Lipinski definition) is 1. The number of anilines is 2. The van der Waals surface area contributed by atoms with Crippen molar-refractivity contribution in [2.24, 2.45) is 0 Å². The predicted octanol–water partition coefficient (Wildman–Crippen LogP) is 4.85.